The number of ether oxygens (including phenoxy) is 2. The van der Waals surface area contributed by atoms with Crippen molar-refractivity contribution in [1.29, 1.82) is 0 Å². The van der Waals surface area contributed by atoms with E-state index in [1.807, 2.05) is 37.3 Å². The number of aromatic nitrogens is 5. The van der Waals surface area contributed by atoms with Gasteiger partial charge in [-0.2, -0.15) is 0 Å². The Kier molecular flexibility index (Phi) is 7.33. The standard InChI is InChI=1S/C26H28FN7O4S/c1-17-12-20(16-33(15-17)25-28-13-19(27)14-29-25)39(35,36)32-26-31-30-24(18-8-5-4-6-9-18)34(26)23-21(37-2)10-7-11-22(23)38-3/h4-11,13-14,17,20H,12,15-16H2,1-3H3,(H,31,32)/t17-,20+/m0/s1. The molecule has 0 unspecified atom stereocenters. The van der Waals surface area contributed by atoms with Crippen molar-refractivity contribution in [2.45, 2.75) is 18.6 Å². The number of sulfonamides is 1. The van der Waals surface area contributed by atoms with Crippen LogP contribution in [-0.4, -0.2) is 65.7 Å². The second-order valence-electron chi connectivity index (χ2n) is 9.28. The summed E-state index contributed by atoms with van der Waals surface area (Å²) < 4.78 is 56.4. The average molecular weight is 554 g/mol. The normalized spacial score (nSPS) is 17.6. The predicted octanol–water partition coefficient (Wildman–Crippen LogP) is 3.54. The first-order chi connectivity index (χ1) is 18.8. The number of piperidine rings is 1. The molecular weight excluding hydrogens is 525 g/mol. The van der Waals surface area contributed by atoms with Gasteiger partial charge in [0, 0.05) is 18.7 Å². The van der Waals surface area contributed by atoms with E-state index in [1.165, 1.54) is 14.2 Å². The van der Waals surface area contributed by atoms with Crippen molar-refractivity contribution in [1.82, 2.24) is 24.7 Å². The third-order valence-corrected chi connectivity index (χ3v) is 8.19. The van der Waals surface area contributed by atoms with Gasteiger partial charge >= 0.3 is 0 Å². The number of nitrogens with one attached hydrogen (secondary N) is 1. The summed E-state index contributed by atoms with van der Waals surface area (Å²) >= 11 is 0. The van der Waals surface area contributed by atoms with Gasteiger partial charge < -0.3 is 14.4 Å². The third kappa shape index (κ3) is 5.35. The first-order valence-corrected chi connectivity index (χ1v) is 13.8. The summed E-state index contributed by atoms with van der Waals surface area (Å²) in [5, 5.41) is 7.76. The highest BCUT2D eigenvalue weighted by Gasteiger charge is 2.36. The lowest BCUT2D eigenvalue weighted by atomic mass is 10.0. The maximum Gasteiger partial charge on any atom is 0.243 e. The lowest BCUT2D eigenvalue weighted by molar-refractivity contribution is 0.391. The number of hydrogen-bond donors (Lipinski definition) is 1. The minimum atomic E-state index is -3.98. The molecule has 3 heterocycles. The summed E-state index contributed by atoms with van der Waals surface area (Å²) in [6.45, 7) is 2.63. The molecule has 1 aliphatic heterocycles. The van der Waals surface area contributed by atoms with Gasteiger partial charge in [0.15, 0.2) is 11.6 Å². The van der Waals surface area contributed by atoms with Gasteiger partial charge in [0.25, 0.3) is 0 Å². The molecule has 1 saturated heterocycles. The van der Waals surface area contributed by atoms with Crippen LogP contribution >= 0.6 is 0 Å². The van der Waals surface area contributed by atoms with Crippen molar-refractivity contribution >= 4 is 21.9 Å². The smallest absolute Gasteiger partial charge is 0.243 e. The Labute approximate surface area is 225 Å². The van der Waals surface area contributed by atoms with Crippen LogP contribution in [0.5, 0.6) is 11.5 Å². The molecule has 0 amide bonds. The zero-order valence-electron chi connectivity index (χ0n) is 21.7. The van der Waals surface area contributed by atoms with E-state index >= 15 is 0 Å². The van der Waals surface area contributed by atoms with E-state index in [-0.39, 0.29) is 24.4 Å². The molecule has 1 aliphatic rings. The van der Waals surface area contributed by atoms with Crippen molar-refractivity contribution in [2.75, 3.05) is 36.9 Å². The molecule has 1 fully saturated rings. The number of halogens is 1. The summed E-state index contributed by atoms with van der Waals surface area (Å²) in [4.78, 5) is 9.82. The molecule has 0 aliphatic carbocycles. The van der Waals surface area contributed by atoms with Crippen molar-refractivity contribution in [3.8, 4) is 28.6 Å². The third-order valence-electron chi connectivity index (χ3n) is 6.50. The lowest BCUT2D eigenvalue weighted by Gasteiger charge is -2.36. The minimum absolute atomic E-state index is 0.0144. The Morgan fingerprint density at radius 1 is 0.949 bits per heavy atom. The van der Waals surface area contributed by atoms with Gasteiger partial charge in [-0.3, -0.25) is 9.29 Å². The molecule has 0 spiro atoms. The number of benzene rings is 2. The molecule has 2 aromatic heterocycles. The van der Waals surface area contributed by atoms with Gasteiger partial charge in [-0.1, -0.05) is 43.3 Å². The van der Waals surface area contributed by atoms with Gasteiger partial charge in [0.1, 0.15) is 17.2 Å². The largest absolute Gasteiger partial charge is 0.494 e. The molecule has 1 N–H and O–H groups in total. The Hall–Kier alpha value is -4.26. The van der Waals surface area contributed by atoms with E-state index in [9.17, 15) is 12.8 Å². The van der Waals surface area contributed by atoms with E-state index in [4.69, 9.17) is 9.47 Å². The number of rotatable bonds is 8. The second kappa shape index (κ2) is 10.8. The van der Waals surface area contributed by atoms with Crippen molar-refractivity contribution < 1.29 is 22.3 Å². The first kappa shape index (κ1) is 26.4. The van der Waals surface area contributed by atoms with E-state index in [2.05, 4.69) is 24.9 Å². The van der Waals surface area contributed by atoms with Crippen LogP contribution < -0.4 is 19.1 Å². The Morgan fingerprint density at radius 2 is 1.62 bits per heavy atom. The highest BCUT2D eigenvalue weighted by molar-refractivity contribution is 7.93. The van der Waals surface area contributed by atoms with Crippen LogP contribution in [0.2, 0.25) is 0 Å². The molecule has 204 valence electrons. The lowest BCUT2D eigenvalue weighted by Crippen LogP contribution is -2.48. The molecule has 0 saturated carbocycles. The van der Waals surface area contributed by atoms with E-state index in [0.29, 0.717) is 41.5 Å². The van der Waals surface area contributed by atoms with Crippen LogP contribution in [0.4, 0.5) is 16.3 Å². The van der Waals surface area contributed by atoms with E-state index in [1.54, 1.807) is 27.7 Å². The minimum Gasteiger partial charge on any atom is -0.494 e. The molecule has 5 rings (SSSR count). The predicted molar refractivity (Wildman–Crippen MR) is 144 cm³/mol. The zero-order chi connectivity index (χ0) is 27.6. The maximum absolute atomic E-state index is 13.8. The SMILES string of the molecule is COc1cccc(OC)c1-n1c(NS(=O)(=O)[C@@H]2C[C@H](C)CN(c3ncc(F)cn3)C2)nnc1-c1ccccc1. The van der Waals surface area contributed by atoms with Gasteiger partial charge in [0.2, 0.25) is 21.9 Å². The summed E-state index contributed by atoms with van der Waals surface area (Å²) in [5.41, 5.74) is 1.16. The number of methoxy groups -OCH3 is 2. The summed E-state index contributed by atoms with van der Waals surface area (Å²) in [6.07, 6.45) is 2.54. The van der Waals surface area contributed by atoms with E-state index in [0.717, 1.165) is 12.4 Å². The van der Waals surface area contributed by atoms with Gasteiger partial charge in [-0.25, -0.2) is 22.8 Å². The molecule has 4 aromatic rings. The van der Waals surface area contributed by atoms with Crippen LogP contribution in [0.15, 0.2) is 60.9 Å². The number of para-hydroxylation sites is 1. The van der Waals surface area contributed by atoms with Crippen LogP contribution in [-0.2, 0) is 10.0 Å². The van der Waals surface area contributed by atoms with Gasteiger partial charge in [-0.05, 0) is 24.5 Å². The molecule has 0 bridgehead atoms. The number of anilines is 2. The molecule has 2 atom stereocenters. The molecular formula is C26H28FN7O4S. The fraction of sp³-hybridized carbons (Fsp3) is 0.308. The van der Waals surface area contributed by atoms with Crippen LogP contribution in [0.3, 0.4) is 0 Å². The Balaban J connectivity index is 1.55. The fourth-order valence-electron chi connectivity index (χ4n) is 4.75. The quantitative estimate of drug-likeness (QED) is 0.349. The van der Waals surface area contributed by atoms with Gasteiger partial charge in [-0.15, -0.1) is 10.2 Å². The summed E-state index contributed by atoms with van der Waals surface area (Å²) in [5.74, 6) is 0.997. The monoisotopic (exact) mass is 553 g/mol. The Morgan fingerprint density at radius 3 is 2.26 bits per heavy atom. The first-order valence-electron chi connectivity index (χ1n) is 12.3. The van der Waals surface area contributed by atoms with Crippen LogP contribution in [0.25, 0.3) is 17.1 Å². The average Bonchev–Trinajstić information content (AvgIpc) is 3.35. The molecule has 39 heavy (non-hydrogen) atoms. The number of hydrogen-bond acceptors (Lipinski definition) is 9. The summed E-state index contributed by atoms with van der Waals surface area (Å²) in [7, 11) is -0.947. The second-order valence-corrected chi connectivity index (χ2v) is 11.2. The van der Waals surface area contributed by atoms with Crippen molar-refractivity contribution in [2.24, 2.45) is 5.92 Å². The zero-order valence-corrected chi connectivity index (χ0v) is 22.5. The van der Waals surface area contributed by atoms with Crippen molar-refractivity contribution in [3.05, 3.63) is 66.7 Å². The molecule has 13 heteroatoms. The molecule has 2 aromatic carbocycles. The topological polar surface area (TPSA) is 124 Å². The number of nitrogens with zero attached hydrogens (tertiary/aromatic N) is 6. The highest BCUT2D eigenvalue weighted by atomic mass is 32.2. The fourth-order valence-corrected chi connectivity index (χ4v) is 6.26. The van der Waals surface area contributed by atoms with E-state index < -0.39 is 21.1 Å². The molecule has 11 nitrogen and oxygen atoms in total. The Bertz CT molecular complexity index is 1530. The maximum atomic E-state index is 13.8. The van der Waals surface area contributed by atoms with Crippen molar-refractivity contribution in [3.63, 3.8) is 0 Å². The molecule has 0 radical (unpaired) electrons. The van der Waals surface area contributed by atoms with Gasteiger partial charge in [0.05, 0.1) is 31.9 Å². The van der Waals surface area contributed by atoms with Crippen LogP contribution in [0, 0.1) is 11.7 Å². The summed E-state index contributed by atoms with van der Waals surface area (Å²) in [6, 6.07) is 14.5. The van der Waals surface area contributed by atoms with Crippen LogP contribution in [0.1, 0.15) is 13.3 Å². The highest BCUT2D eigenvalue weighted by Crippen LogP contribution is 2.38.